The molecule has 0 radical (unpaired) electrons. The Labute approximate surface area is 144 Å². The number of fused-ring (bicyclic) bond motifs is 1. The maximum absolute atomic E-state index is 13.1. The zero-order valence-corrected chi connectivity index (χ0v) is 14.5. The molecule has 2 aliphatic rings. The number of carbonyl (C=O) groups is 1. The predicted molar refractivity (Wildman–Crippen MR) is 92.9 cm³/mol. The number of piperidine rings is 1. The molecule has 1 aromatic rings. The van der Waals surface area contributed by atoms with Gasteiger partial charge in [0.25, 0.3) is 0 Å². The van der Waals surface area contributed by atoms with E-state index in [0.717, 1.165) is 38.8 Å². The SMILES string of the molecule is COCC(O)CNC(=O)C1(N2CCCCC2)Cc2ccccc2C1. The molecule has 0 saturated carbocycles. The van der Waals surface area contributed by atoms with E-state index in [4.69, 9.17) is 4.74 Å². The third kappa shape index (κ3) is 3.48. The Morgan fingerprint density at radius 3 is 2.46 bits per heavy atom. The van der Waals surface area contributed by atoms with Crippen molar-refractivity contribution in [2.24, 2.45) is 0 Å². The zero-order valence-electron chi connectivity index (χ0n) is 14.5. The monoisotopic (exact) mass is 332 g/mol. The molecule has 1 saturated heterocycles. The first-order valence-electron chi connectivity index (χ1n) is 8.93. The Kier molecular flexibility index (Phi) is 5.54. The van der Waals surface area contributed by atoms with Crippen LogP contribution in [0.3, 0.4) is 0 Å². The van der Waals surface area contributed by atoms with Crippen LogP contribution in [0.2, 0.25) is 0 Å². The molecule has 0 bridgehead atoms. The molecular weight excluding hydrogens is 304 g/mol. The van der Waals surface area contributed by atoms with Crippen molar-refractivity contribution in [3.63, 3.8) is 0 Å². The summed E-state index contributed by atoms with van der Waals surface area (Å²) >= 11 is 0. The van der Waals surface area contributed by atoms with E-state index in [1.165, 1.54) is 17.5 Å². The molecule has 3 rings (SSSR count). The van der Waals surface area contributed by atoms with Crippen molar-refractivity contribution < 1.29 is 14.6 Å². The van der Waals surface area contributed by atoms with E-state index in [-0.39, 0.29) is 19.1 Å². The van der Waals surface area contributed by atoms with Gasteiger partial charge < -0.3 is 15.2 Å². The molecule has 2 N–H and O–H groups in total. The summed E-state index contributed by atoms with van der Waals surface area (Å²) in [4.78, 5) is 15.5. The van der Waals surface area contributed by atoms with Gasteiger partial charge >= 0.3 is 0 Å². The fourth-order valence-electron chi connectivity index (χ4n) is 4.07. The molecule has 1 aromatic carbocycles. The van der Waals surface area contributed by atoms with Crippen LogP contribution >= 0.6 is 0 Å². The van der Waals surface area contributed by atoms with E-state index in [9.17, 15) is 9.90 Å². The molecule has 0 spiro atoms. The lowest BCUT2D eigenvalue weighted by Crippen LogP contribution is -2.61. The number of amides is 1. The Balaban J connectivity index is 1.77. The van der Waals surface area contributed by atoms with Gasteiger partial charge in [0, 0.05) is 26.5 Å². The van der Waals surface area contributed by atoms with E-state index in [2.05, 4.69) is 22.3 Å². The number of methoxy groups -OCH3 is 1. The number of benzene rings is 1. The third-order valence-corrected chi connectivity index (χ3v) is 5.33. The summed E-state index contributed by atoms with van der Waals surface area (Å²) < 4.78 is 4.94. The minimum absolute atomic E-state index is 0.0377. The maximum atomic E-state index is 13.1. The molecule has 5 nitrogen and oxygen atoms in total. The van der Waals surface area contributed by atoms with E-state index >= 15 is 0 Å². The highest BCUT2D eigenvalue weighted by Gasteiger charge is 2.48. The number of rotatable bonds is 6. The summed E-state index contributed by atoms with van der Waals surface area (Å²) in [5.74, 6) is 0.0377. The number of hydrogen-bond donors (Lipinski definition) is 2. The van der Waals surface area contributed by atoms with Crippen LogP contribution in [0.1, 0.15) is 30.4 Å². The second-order valence-electron chi connectivity index (χ2n) is 7.02. The molecule has 0 aromatic heterocycles. The lowest BCUT2D eigenvalue weighted by atomic mass is 9.89. The van der Waals surface area contributed by atoms with Gasteiger partial charge in [-0.05, 0) is 37.1 Å². The fraction of sp³-hybridized carbons (Fsp3) is 0.632. The van der Waals surface area contributed by atoms with Crippen LogP contribution in [0.15, 0.2) is 24.3 Å². The van der Waals surface area contributed by atoms with Gasteiger partial charge in [-0.15, -0.1) is 0 Å². The van der Waals surface area contributed by atoms with Crippen molar-refractivity contribution in [3.8, 4) is 0 Å². The quantitative estimate of drug-likeness (QED) is 0.820. The minimum Gasteiger partial charge on any atom is -0.389 e. The van der Waals surface area contributed by atoms with Crippen LogP contribution in [0.5, 0.6) is 0 Å². The van der Waals surface area contributed by atoms with Gasteiger partial charge in [-0.2, -0.15) is 0 Å². The summed E-state index contributed by atoms with van der Waals surface area (Å²) in [7, 11) is 1.55. The average molecular weight is 332 g/mol. The molecule has 132 valence electrons. The van der Waals surface area contributed by atoms with Crippen molar-refractivity contribution >= 4 is 5.91 Å². The van der Waals surface area contributed by atoms with Crippen molar-refractivity contribution in [1.82, 2.24) is 10.2 Å². The van der Waals surface area contributed by atoms with Crippen molar-refractivity contribution in [2.45, 2.75) is 43.7 Å². The molecular formula is C19H28N2O3. The van der Waals surface area contributed by atoms with Crippen LogP contribution in [0, 0.1) is 0 Å². The second kappa shape index (κ2) is 7.64. The van der Waals surface area contributed by atoms with Crippen LogP contribution in [-0.2, 0) is 22.4 Å². The molecule has 1 amide bonds. The first kappa shape index (κ1) is 17.4. The number of aliphatic hydroxyl groups excluding tert-OH is 1. The van der Waals surface area contributed by atoms with E-state index in [0.29, 0.717) is 0 Å². The van der Waals surface area contributed by atoms with Gasteiger partial charge in [0.15, 0.2) is 0 Å². The van der Waals surface area contributed by atoms with Gasteiger partial charge in [0.2, 0.25) is 5.91 Å². The molecule has 1 atom stereocenters. The molecule has 1 unspecified atom stereocenters. The Morgan fingerprint density at radius 2 is 1.88 bits per heavy atom. The average Bonchev–Trinajstić information content (AvgIpc) is 3.01. The summed E-state index contributed by atoms with van der Waals surface area (Å²) in [6.45, 7) is 2.42. The third-order valence-electron chi connectivity index (χ3n) is 5.33. The normalized spacial score (nSPS) is 21.2. The summed E-state index contributed by atoms with van der Waals surface area (Å²) in [6, 6.07) is 8.36. The van der Waals surface area contributed by atoms with Gasteiger partial charge in [-0.1, -0.05) is 30.7 Å². The van der Waals surface area contributed by atoms with Gasteiger partial charge in [-0.25, -0.2) is 0 Å². The first-order chi connectivity index (χ1) is 11.7. The summed E-state index contributed by atoms with van der Waals surface area (Å²) in [6.07, 6.45) is 4.40. The number of nitrogens with zero attached hydrogens (tertiary/aromatic N) is 1. The molecule has 1 aliphatic carbocycles. The number of aliphatic hydroxyl groups is 1. The van der Waals surface area contributed by atoms with Crippen molar-refractivity contribution in [1.29, 1.82) is 0 Å². The van der Waals surface area contributed by atoms with Crippen LogP contribution in [0.25, 0.3) is 0 Å². The number of hydrogen-bond acceptors (Lipinski definition) is 4. The van der Waals surface area contributed by atoms with Crippen LogP contribution in [-0.4, -0.2) is 60.9 Å². The molecule has 1 heterocycles. The fourth-order valence-corrected chi connectivity index (χ4v) is 4.07. The largest absolute Gasteiger partial charge is 0.389 e. The van der Waals surface area contributed by atoms with Crippen LogP contribution in [0.4, 0.5) is 0 Å². The lowest BCUT2D eigenvalue weighted by molar-refractivity contribution is -0.134. The van der Waals surface area contributed by atoms with E-state index in [1.54, 1.807) is 7.11 Å². The topological polar surface area (TPSA) is 61.8 Å². The number of likely N-dealkylation sites (tertiary alicyclic amines) is 1. The molecule has 24 heavy (non-hydrogen) atoms. The minimum atomic E-state index is -0.666. The summed E-state index contributed by atoms with van der Waals surface area (Å²) in [5, 5.41) is 12.8. The first-order valence-corrected chi connectivity index (χ1v) is 8.93. The van der Waals surface area contributed by atoms with E-state index in [1.807, 2.05) is 12.1 Å². The maximum Gasteiger partial charge on any atom is 0.241 e. The molecule has 1 fully saturated rings. The highest BCUT2D eigenvalue weighted by Crippen LogP contribution is 2.36. The summed E-state index contributed by atoms with van der Waals surface area (Å²) in [5.41, 5.74) is 2.04. The van der Waals surface area contributed by atoms with Crippen molar-refractivity contribution in [3.05, 3.63) is 35.4 Å². The van der Waals surface area contributed by atoms with Gasteiger partial charge in [0.05, 0.1) is 12.7 Å². The number of carbonyl (C=O) groups excluding carboxylic acids is 1. The van der Waals surface area contributed by atoms with Gasteiger partial charge in [0.1, 0.15) is 5.54 Å². The van der Waals surface area contributed by atoms with E-state index < -0.39 is 11.6 Å². The van der Waals surface area contributed by atoms with Gasteiger partial charge in [-0.3, -0.25) is 9.69 Å². The highest BCUT2D eigenvalue weighted by atomic mass is 16.5. The number of nitrogens with one attached hydrogen (secondary N) is 1. The zero-order chi connectivity index (χ0) is 17.0. The molecule has 5 heteroatoms. The predicted octanol–water partition coefficient (Wildman–Crippen LogP) is 1.13. The Morgan fingerprint density at radius 1 is 1.25 bits per heavy atom. The Bertz CT molecular complexity index is 544. The highest BCUT2D eigenvalue weighted by molar-refractivity contribution is 5.88. The standard InChI is InChI=1S/C19H28N2O3/c1-24-14-17(22)13-20-18(23)19(21-9-5-2-6-10-21)11-15-7-3-4-8-16(15)12-19/h3-4,7-8,17,22H,2,5-6,9-14H2,1H3,(H,20,23). The Hall–Kier alpha value is -1.43. The van der Waals surface area contributed by atoms with Crippen molar-refractivity contribution in [2.75, 3.05) is 33.4 Å². The molecule has 1 aliphatic heterocycles. The smallest absolute Gasteiger partial charge is 0.241 e. The lowest BCUT2D eigenvalue weighted by Gasteiger charge is -2.42. The second-order valence-corrected chi connectivity index (χ2v) is 7.02. The number of ether oxygens (including phenoxy) is 1. The van der Waals surface area contributed by atoms with Crippen LogP contribution < -0.4 is 5.32 Å².